The van der Waals surface area contributed by atoms with Crippen LogP contribution in [0, 0.1) is 11.9 Å². The van der Waals surface area contributed by atoms with E-state index in [0.717, 1.165) is 16.9 Å². The molecule has 75 valence electrons. The van der Waals surface area contributed by atoms with Crippen molar-refractivity contribution in [3.05, 3.63) is 54.3 Å². The van der Waals surface area contributed by atoms with Crippen LogP contribution >= 0.6 is 0 Å². The molecule has 0 saturated heterocycles. The van der Waals surface area contributed by atoms with Gasteiger partial charge < -0.3 is 4.74 Å². The van der Waals surface area contributed by atoms with Crippen LogP contribution in [0.4, 0.5) is 4.39 Å². The fourth-order valence-corrected chi connectivity index (χ4v) is 1.45. The fourth-order valence-electron chi connectivity index (χ4n) is 1.45. The number of methoxy groups -OCH3 is 1. The molecule has 0 aliphatic carbocycles. The Balaban J connectivity index is 2.49. The normalized spacial score (nSPS) is 10.0. The Morgan fingerprint density at radius 3 is 2.53 bits per heavy atom. The maximum atomic E-state index is 12.7. The Kier molecular flexibility index (Phi) is 2.68. The van der Waals surface area contributed by atoms with E-state index < -0.39 is 0 Å². The highest BCUT2D eigenvalue weighted by molar-refractivity contribution is 5.70. The van der Waals surface area contributed by atoms with E-state index in [-0.39, 0.29) is 5.82 Å². The van der Waals surface area contributed by atoms with Gasteiger partial charge in [0.2, 0.25) is 0 Å². The first-order chi connectivity index (χ1) is 7.31. The first-order valence-corrected chi connectivity index (χ1v) is 4.61. The largest absolute Gasteiger partial charge is 0.496 e. The van der Waals surface area contributed by atoms with Gasteiger partial charge in [-0.1, -0.05) is 24.3 Å². The molecule has 0 heterocycles. The molecule has 0 N–H and O–H groups in total. The van der Waals surface area contributed by atoms with Crippen LogP contribution in [-0.4, -0.2) is 7.11 Å². The summed E-state index contributed by atoms with van der Waals surface area (Å²) in [6, 6.07) is 14.7. The highest BCUT2D eigenvalue weighted by atomic mass is 19.1. The summed E-state index contributed by atoms with van der Waals surface area (Å²) in [5.74, 6) is 0.504. The average Bonchev–Trinajstić information content (AvgIpc) is 2.30. The van der Waals surface area contributed by atoms with Gasteiger partial charge in [-0.05, 0) is 29.8 Å². The molecule has 15 heavy (non-hydrogen) atoms. The lowest BCUT2D eigenvalue weighted by Crippen LogP contribution is -1.87. The summed E-state index contributed by atoms with van der Waals surface area (Å²) >= 11 is 0. The van der Waals surface area contributed by atoms with E-state index in [2.05, 4.69) is 6.07 Å². The minimum atomic E-state index is -0.236. The fraction of sp³-hybridized carbons (Fsp3) is 0.0769. The molecular weight excluding hydrogens is 191 g/mol. The average molecular weight is 201 g/mol. The van der Waals surface area contributed by atoms with Gasteiger partial charge in [-0.2, -0.15) is 0 Å². The van der Waals surface area contributed by atoms with Gasteiger partial charge in [-0.25, -0.2) is 4.39 Å². The summed E-state index contributed by atoms with van der Waals surface area (Å²) in [7, 11) is 1.61. The van der Waals surface area contributed by atoms with Gasteiger partial charge in [0.25, 0.3) is 0 Å². The van der Waals surface area contributed by atoms with Gasteiger partial charge >= 0.3 is 0 Å². The first kappa shape index (κ1) is 9.71. The Morgan fingerprint density at radius 1 is 1.13 bits per heavy atom. The second-order valence-electron chi connectivity index (χ2n) is 3.13. The summed E-state index contributed by atoms with van der Waals surface area (Å²) < 4.78 is 18.0. The summed E-state index contributed by atoms with van der Waals surface area (Å²) in [6.45, 7) is 0. The van der Waals surface area contributed by atoms with E-state index in [1.807, 2.05) is 6.07 Å². The van der Waals surface area contributed by atoms with Gasteiger partial charge in [-0.3, -0.25) is 0 Å². The lowest BCUT2D eigenvalue weighted by atomic mass is 10.0. The van der Waals surface area contributed by atoms with Crippen molar-refractivity contribution in [2.24, 2.45) is 0 Å². The van der Waals surface area contributed by atoms with Crippen molar-refractivity contribution in [2.75, 3.05) is 7.11 Å². The summed E-state index contributed by atoms with van der Waals surface area (Å²) in [4.78, 5) is 0. The topological polar surface area (TPSA) is 9.23 Å². The number of benzene rings is 2. The van der Waals surface area contributed by atoms with Crippen molar-refractivity contribution in [1.82, 2.24) is 0 Å². The zero-order valence-electron chi connectivity index (χ0n) is 8.33. The maximum absolute atomic E-state index is 12.7. The van der Waals surface area contributed by atoms with E-state index >= 15 is 0 Å². The van der Waals surface area contributed by atoms with Crippen LogP contribution in [0.5, 0.6) is 5.75 Å². The molecule has 0 aromatic heterocycles. The van der Waals surface area contributed by atoms with Crippen molar-refractivity contribution >= 4 is 0 Å². The van der Waals surface area contributed by atoms with Crippen molar-refractivity contribution < 1.29 is 9.13 Å². The van der Waals surface area contributed by atoms with Gasteiger partial charge in [-0.15, -0.1) is 0 Å². The number of halogens is 1. The van der Waals surface area contributed by atoms with Crippen LogP contribution in [0.2, 0.25) is 0 Å². The van der Waals surface area contributed by atoms with Crippen LogP contribution in [0.15, 0.2) is 42.5 Å². The van der Waals surface area contributed by atoms with Crippen molar-refractivity contribution in [3.8, 4) is 16.9 Å². The predicted octanol–water partition coefficient (Wildman–Crippen LogP) is 3.30. The minimum Gasteiger partial charge on any atom is -0.496 e. The van der Waals surface area contributed by atoms with Gasteiger partial charge in [0.15, 0.2) is 0 Å². The summed E-state index contributed by atoms with van der Waals surface area (Å²) in [5.41, 5.74) is 1.87. The molecule has 1 nitrogen and oxygen atoms in total. The predicted molar refractivity (Wildman–Crippen MR) is 57.2 cm³/mol. The molecule has 0 bridgehead atoms. The third-order valence-electron chi connectivity index (χ3n) is 2.20. The van der Waals surface area contributed by atoms with Crippen LogP contribution in [-0.2, 0) is 0 Å². The van der Waals surface area contributed by atoms with Crippen molar-refractivity contribution in [2.45, 2.75) is 0 Å². The number of ether oxygens (including phenoxy) is 1. The van der Waals surface area contributed by atoms with Crippen LogP contribution in [0.1, 0.15) is 0 Å². The SMILES string of the molecule is COc1c[c]ccc1-c1ccc(F)cc1. The Labute approximate surface area is 88.1 Å². The smallest absolute Gasteiger partial charge is 0.127 e. The highest BCUT2D eigenvalue weighted by Gasteiger charge is 2.03. The molecule has 2 rings (SSSR count). The Bertz CT molecular complexity index is 448. The van der Waals surface area contributed by atoms with E-state index in [1.165, 1.54) is 12.1 Å². The maximum Gasteiger partial charge on any atom is 0.127 e. The van der Waals surface area contributed by atoms with E-state index in [1.54, 1.807) is 31.4 Å². The molecule has 1 radical (unpaired) electrons. The lowest BCUT2D eigenvalue weighted by molar-refractivity contribution is 0.416. The van der Waals surface area contributed by atoms with E-state index in [9.17, 15) is 4.39 Å². The van der Waals surface area contributed by atoms with Gasteiger partial charge in [0.1, 0.15) is 11.6 Å². The summed E-state index contributed by atoms with van der Waals surface area (Å²) in [6.07, 6.45) is 0. The van der Waals surface area contributed by atoms with Crippen molar-refractivity contribution in [3.63, 3.8) is 0 Å². The molecule has 2 aromatic carbocycles. The van der Waals surface area contributed by atoms with Crippen LogP contribution < -0.4 is 4.74 Å². The van der Waals surface area contributed by atoms with Gasteiger partial charge in [0.05, 0.1) is 7.11 Å². The van der Waals surface area contributed by atoms with E-state index in [0.29, 0.717) is 0 Å². The molecule has 2 heteroatoms. The minimum absolute atomic E-state index is 0.236. The standard InChI is InChI=1S/C13H10FO/c1-15-13-5-3-2-4-12(13)10-6-8-11(14)9-7-10/h2,4-9H,1H3. The highest BCUT2D eigenvalue weighted by Crippen LogP contribution is 2.29. The Hall–Kier alpha value is -1.83. The molecule has 0 atom stereocenters. The molecule has 2 aromatic rings. The van der Waals surface area contributed by atoms with E-state index in [4.69, 9.17) is 4.74 Å². The van der Waals surface area contributed by atoms with Crippen LogP contribution in [0.3, 0.4) is 0 Å². The number of hydrogen-bond acceptors (Lipinski definition) is 1. The zero-order valence-corrected chi connectivity index (χ0v) is 8.33. The Morgan fingerprint density at radius 2 is 1.87 bits per heavy atom. The summed E-state index contributed by atoms with van der Waals surface area (Å²) in [5, 5.41) is 0. The third-order valence-corrected chi connectivity index (χ3v) is 2.20. The molecule has 0 aliphatic rings. The van der Waals surface area contributed by atoms with Crippen LogP contribution in [0.25, 0.3) is 11.1 Å². The second-order valence-corrected chi connectivity index (χ2v) is 3.13. The quantitative estimate of drug-likeness (QED) is 0.724. The molecule has 0 unspecified atom stereocenters. The number of hydrogen-bond donors (Lipinski definition) is 0. The molecule has 0 amide bonds. The van der Waals surface area contributed by atoms with Gasteiger partial charge in [0, 0.05) is 5.56 Å². The molecule has 0 aliphatic heterocycles. The zero-order chi connectivity index (χ0) is 10.7. The van der Waals surface area contributed by atoms with Crippen molar-refractivity contribution in [1.29, 1.82) is 0 Å². The molecule has 0 saturated carbocycles. The number of rotatable bonds is 2. The third kappa shape index (κ3) is 1.99. The molecule has 0 spiro atoms. The first-order valence-electron chi connectivity index (χ1n) is 4.61. The molecular formula is C13H10FO. The molecule has 0 fully saturated rings. The lowest BCUT2D eigenvalue weighted by Gasteiger charge is -2.07. The second kappa shape index (κ2) is 4.13. The monoisotopic (exact) mass is 201 g/mol.